The van der Waals surface area contributed by atoms with Gasteiger partial charge in [0.15, 0.2) is 0 Å². The second-order valence-electron chi connectivity index (χ2n) is 4.91. The highest BCUT2D eigenvalue weighted by Gasteiger charge is 2.27. The van der Waals surface area contributed by atoms with Gasteiger partial charge in [-0.3, -0.25) is 4.57 Å². The van der Waals surface area contributed by atoms with Gasteiger partial charge in [-0.1, -0.05) is 20.8 Å². The van der Waals surface area contributed by atoms with E-state index in [1.54, 1.807) is 17.3 Å². The molecule has 84 valence electrons. The highest BCUT2D eigenvalue weighted by molar-refractivity contribution is 5.76. The lowest BCUT2D eigenvalue weighted by Gasteiger charge is -2.35. The molecule has 0 fully saturated rings. The fraction of sp³-hybridized carbons (Fsp3) is 0.636. The van der Waals surface area contributed by atoms with Crippen LogP contribution in [0.1, 0.15) is 27.7 Å². The fourth-order valence-electron chi connectivity index (χ4n) is 1.30. The summed E-state index contributed by atoms with van der Waals surface area (Å²) in [5, 5.41) is 0. The van der Waals surface area contributed by atoms with Crippen molar-refractivity contribution < 1.29 is 4.79 Å². The topological polar surface area (TPSA) is 38.1 Å². The van der Waals surface area contributed by atoms with Crippen LogP contribution in [0, 0.1) is 5.41 Å². The predicted octanol–water partition coefficient (Wildman–Crippen LogP) is 2.22. The highest BCUT2D eigenvalue weighted by Crippen LogP contribution is 2.23. The summed E-state index contributed by atoms with van der Waals surface area (Å²) in [6, 6.07) is 0.127. The zero-order valence-corrected chi connectivity index (χ0v) is 10.1. The average molecular weight is 209 g/mol. The first-order chi connectivity index (χ1) is 6.84. The van der Waals surface area contributed by atoms with Gasteiger partial charge in [-0.2, -0.15) is 0 Å². The summed E-state index contributed by atoms with van der Waals surface area (Å²) in [7, 11) is 1.82. The van der Waals surface area contributed by atoms with Crippen LogP contribution in [0.4, 0.5) is 4.79 Å². The van der Waals surface area contributed by atoms with Gasteiger partial charge < -0.3 is 4.90 Å². The molecule has 0 aliphatic carbocycles. The number of amides is 1. The minimum atomic E-state index is -0.0464. The number of rotatable bonds is 1. The van der Waals surface area contributed by atoms with E-state index in [4.69, 9.17) is 0 Å². The third-order valence-electron chi connectivity index (χ3n) is 2.86. The Morgan fingerprint density at radius 3 is 2.47 bits per heavy atom. The molecular weight excluding hydrogens is 190 g/mol. The molecule has 0 saturated carbocycles. The van der Waals surface area contributed by atoms with Crippen LogP contribution < -0.4 is 0 Å². The number of aromatic nitrogens is 2. The first-order valence-electron chi connectivity index (χ1n) is 5.09. The zero-order valence-electron chi connectivity index (χ0n) is 10.1. The summed E-state index contributed by atoms with van der Waals surface area (Å²) < 4.78 is 1.49. The molecule has 0 radical (unpaired) electrons. The second kappa shape index (κ2) is 4.04. The Kier molecular flexibility index (Phi) is 3.17. The molecule has 1 aromatic rings. The highest BCUT2D eigenvalue weighted by atomic mass is 16.2. The van der Waals surface area contributed by atoms with Crippen LogP contribution in [0.5, 0.6) is 0 Å². The van der Waals surface area contributed by atoms with Gasteiger partial charge in [-0.25, -0.2) is 9.78 Å². The summed E-state index contributed by atoms with van der Waals surface area (Å²) in [6.45, 7) is 8.41. The van der Waals surface area contributed by atoms with E-state index in [0.717, 1.165) is 0 Å². The molecule has 1 atom stereocenters. The van der Waals surface area contributed by atoms with Crippen molar-refractivity contribution in [1.29, 1.82) is 0 Å². The number of carbonyl (C=O) groups excluding carboxylic acids is 1. The van der Waals surface area contributed by atoms with Gasteiger partial charge in [-0.05, 0) is 12.3 Å². The van der Waals surface area contributed by atoms with Crippen molar-refractivity contribution in [3.05, 3.63) is 18.7 Å². The largest absolute Gasteiger partial charge is 0.329 e. The maximum atomic E-state index is 11.9. The molecule has 0 saturated heterocycles. The van der Waals surface area contributed by atoms with E-state index >= 15 is 0 Å². The van der Waals surface area contributed by atoms with Crippen LogP contribution >= 0.6 is 0 Å². The van der Waals surface area contributed by atoms with Crippen LogP contribution in [0.2, 0.25) is 0 Å². The molecule has 0 aliphatic heterocycles. The molecule has 4 nitrogen and oxygen atoms in total. The van der Waals surface area contributed by atoms with Crippen LogP contribution in [-0.4, -0.2) is 33.6 Å². The summed E-state index contributed by atoms with van der Waals surface area (Å²) in [5.41, 5.74) is 0.0744. The van der Waals surface area contributed by atoms with Crippen LogP contribution in [0.15, 0.2) is 18.7 Å². The number of nitrogens with zero attached hydrogens (tertiary/aromatic N) is 3. The summed E-state index contributed by atoms with van der Waals surface area (Å²) in [4.78, 5) is 17.5. The Labute approximate surface area is 90.9 Å². The number of hydrogen-bond donors (Lipinski definition) is 0. The third kappa shape index (κ3) is 2.58. The van der Waals surface area contributed by atoms with Crippen LogP contribution in [0.25, 0.3) is 0 Å². The zero-order chi connectivity index (χ0) is 11.6. The predicted molar refractivity (Wildman–Crippen MR) is 59.7 cm³/mol. The van der Waals surface area contributed by atoms with Crippen LogP contribution in [0.3, 0.4) is 0 Å². The monoisotopic (exact) mass is 209 g/mol. The Bertz CT molecular complexity index is 324. The lowest BCUT2D eigenvalue weighted by molar-refractivity contribution is 0.147. The molecule has 1 aromatic heterocycles. The smallest absolute Gasteiger partial charge is 0.324 e. The maximum Gasteiger partial charge on any atom is 0.329 e. The minimum Gasteiger partial charge on any atom is -0.324 e. The molecule has 1 rings (SSSR count). The van der Waals surface area contributed by atoms with E-state index in [1.807, 2.05) is 7.05 Å². The van der Waals surface area contributed by atoms with Crippen molar-refractivity contribution in [2.24, 2.45) is 5.41 Å². The van der Waals surface area contributed by atoms with Crippen molar-refractivity contribution in [3.8, 4) is 0 Å². The molecular formula is C11H19N3O. The van der Waals surface area contributed by atoms with Crippen molar-refractivity contribution >= 4 is 6.03 Å². The first kappa shape index (κ1) is 11.8. The van der Waals surface area contributed by atoms with E-state index in [2.05, 4.69) is 32.7 Å². The fourth-order valence-corrected chi connectivity index (χ4v) is 1.30. The van der Waals surface area contributed by atoms with Crippen molar-refractivity contribution in [2.45, 2.75) is 33.7 Å². The van der Waals surface area contributed by atoms with E-state index in [-0.39, 0.29) is 17.5 Å². The number of hydrogen-bond acceptors (Lipinski definition) is 2. The lowest BCUT2D eigenvalue weighted by Crippen LogP contribution is -2.44. The van der Waals surface area contributed by atoms with E-state index < -0.39 is 0 Å². The SMILES string of the molecule is CC(N(C)C(=O)n1ccnc1)C(C)(C)C. The Morgan fingerprint density at radius 1 is 1.47 bits per heavy atom. The molecule has 1 unspecified atom stereocenters. The molecule has 0 aromatic carbocycles. The standard InChI is InChI=1S/C11H19N3O/c1-9(11(2,3)4)13(5)10(15)14-7-6-12-8-14/h6-9H,1-5H3. The summed E-state index contributed by atoms with van der Waals surface area (Å²) in [5.74, 6) is 0. The minimum absolute atomic E-state index is 0.0464. The second-order valence-corrected chi connectivity index (χ2v) is 4.91. The molecule has 4 heteroatoms. The van der Waals surface area contributed by atoms with Gasteiger partial charge >= 0.3 is 6.03 Å². The number of carbonyl (C=O) groups is 1. The maximum absolute atomic E-state index is 11.9. The van der Waals surface area contributed by atoms with Gasteiger partial charge in [0, 0.05) is 25.5 Å². The summed E-state index contributed by atoms with van der Waals surface area (Å²) in [6.07, 6.45) is 4.79. The van der Waals surface area contributed by atoms with Gasteiger partial charge in [0.25, 0.3) is 0 Å². The summed E-state index contributed by atoms with van der Waals surface area (Å²) >= 11 is 0. The molecule has 0 N–H and O–H groups in total. The molecule has 1 heterocycles. The van der Waals surface area contributed by atoms with E-state index in [9.17, 15) is 4.79 Å². The third-order valence-corrected chi connectivity index (χ3v) is 2.86. The van der Waals surface area contributed by atoms with E-state index in [1.165, 1.54) is 10.9 Å². The first-order valence-corrected chi connectivity index (χ1v) is 5.09. The Hall–Kier alpha value is -1.32. The molecule has 1 amide bonds. The quantitative estimate of drug-likeness (QED) is 0.711. The lowest BCUT2D eigenvalue weighted by atomic mass is 9.87. The van der Waals surface area contributed by atoms with Gasteiger partial charge in [0.2, 0.25) is 0 Å². The average Bonchev–Trinajstić information content (AvgIpc) is 2.65. The van der Waals surface area contributed by atoms with Gasteiger partial charge in [-0.15, -0.1) is 0 Å². The molecule has 0 spiro atoms. The Balaban J connectivity index is 2.78. The van der Waals surface area contributed by atoms with Crippen LogP contribution in [-0.2, 0) is 0 Å². The molecule has 15 heavy (non-hydrogen) atoms. The van der Waals surface area contributed by atoms with Crippen molar-refractivity contribution in [1.82, 2.24) is 14.5 Å². The Morgan fingerprint density at radius 2 is 2.07 bits per heavy atom. The normalized spacial score (nSPS) is 13.7. The van der Waals surface area contributed by atoms with Crippen molar-refractivity contribution in [3.63, 3.8) is 0 Å². The molecule has 0 bridgehead atoms. The van der Waals surface area contributed by atoms with Crippen molar-refractivity contribution in [2.75, 3.05) is 7.05 Å². The van der Waals surface area contributed by atoms with Gasteiger partial charge in [0.05, 0.1) is 0 Å². The molecule has 0 aliphatic rings. The number of imidazole rings is 1. The van der Waals surface area contributed by atoms with E-state index in [0.29, 0.717) is 0 Å². The van der Waals surface area contributed by atoms with Gasteiger partial charge in [0.1, 0.15) is 6.33 Å².